The lowest BCUT2D eigenvalue weighted by atomic mass is 10.1. The topological polar surface area (TPSA) is 80.5 Å². The molecule has 1 fully saturated rings. The summed E-state index contributed by atoms with van der Waals surface area (Å²) in [6.45, 7) is 0.846. The van der Waals surface area contributed by atoms with Gasteiger partial charge in [0.25, 0.3) is 0 Å². The van der Waals surface area contributed by atoms with Gasteiger partial charge < -0.3 is 10.6 Å². The summed E-state index contributed by atoms with van der Waals surface area (Å²) in [6, 6.07) is 1.51. The monoisotopic (exact) mass is 348 g/mol. The summed E-state index contributed by atoms with van der Waals surface area (Å²) >= 11 is 12.8. The van der Waals surface area contributed by atoms with Gasteiger partial charge >= 0.3 is 0 Å². The Labute approximate surface area is 136 Å². The molecule has 1 aliphatic rings. The molecule has 0 aromatic carbocycles. The van der Waals surface area contributed by atoms with E-state index in [1.165, 1.54) is 6.07 Å². The second kappa shape index (κ2) is 6.77. The molecular weight excluding hydrogens is 335 g/mol. The van der Waals surface area contributed by atoms with Crippen molar-refractivity contribution in [3.63, 3.8) is 0 Å². The Hall–Kier alpha value is -1.11. The fourth-order valence-electron chi connectivity index (χ4n) is 2.26. The van der Waals surface area contributed by atoms with Crippen LogP contribution < -0.4 is 5.73 Å². The fourth-order valence-corrected chi connectivity index (χ4v) is 3.76. The number of ketones is 1. The van der Waals surface area contributed by atoms with Crippen LogP contribution in [-0.2, 0) is 9.59 Å². The highest BCUT2D eigenvalue weighted by Gasteiger charge is 2.29. The van der Waals surface area contributed by atoms with Crippen LogP contribution in [0.15, 0.2) is 6.07 Å². The van der Waals surface area contributed by atoms with Gasteiger partial charge in [0.15, 0.2) is 5.78 Å². The number of nitrogens with zero attached hydrogens (tertiary/aromatic N) is 1. The number of halogens is 2. The van der Waals surface area contributed by atoms with Crippen molar-refractivity contribution < 1.29 is 14.4 Å². The number of carbonyl (C=O) groups is 3. The highest BCUT2D eigenvalue weighted by molar-refractivity contribution is 7.20. The molecule has 1 aliphatic heterocycles. The van der Waals surface area contributed by atoms with Crippen LogP contribution in [0.4, 0.5) is 0 Å². The minimum atomic E-state index is -0.388. The van der Waals surface area contributed by atoms with Gasteiger partial charge in [-0.15, -0.1) is 11.3 Å². The van der Waals surface area contributed by atoms with Gasteiger partial charge in [-0.3, -0.25) is 14.4 Å². The summed E-state index contributed by atoms with van der Waals surface area (Å²) in [5.41, 5.74) is 5.58. The van der Waals surface area contributed by atoms with Crippen molar-refractivity contribution in [2.75, 3.05) is 13.1 Å². The summed E-state index contributed by atoms with van der Waals surface area (Å²) in [5, 5.41) is 0. The Bertz CT molecular complexity index is 588. The van der Waals surface area contributed by atoms with E-state index >= 15 is 0 Å². The molecule has 2 heterocycles. The Morgan fingerprint density at radius 1 is 1.33 bits per heavy atom. The number of Topliss-reactive ketones (excluding diaryl/α,β-unsaturated/α-hetero) is 1. The van der Waals surface area contributed by atoms with Crippen LogP contribution >= 0.6 is 34.5 Å². The molecule has 1 aromatic heterocycles. The smallest absolute Gasteiger partial charge is 0.223 e. The SMILES string of the molecule is NC(=O)[C@H]1CCN(C(=O)CCC(=O)c2cc(Cl)sc2Cl)C1. The summed E-state index contributed by atoms with van der Waals surface area (Å²) < 4.78 is 0.783. The Kier molecular flexibility index (Phi) is 5.24. The van der Waals surface area contributed by atoms with E-state index in [0.29, 0.717) is 33.7 Å². The first kappa shape index (κ1) is 16.3. The summed E-state index contributed by atoms with van der Waals surface area (Å²) in [6.07, 6.45) is 0.748. The summed E-state index contributed by atoms with van der Waals surface area (Å²) in [5.74, 6) is -1.03. The molecule has 0 bridgehead atoms. The van der Waals surface area contributed by atoms with E-state index in [0.717, 1.165) is 11.3 Å². The molecule has 21 heavy (non-hydrogen) atoms. The molecule has 0 saturated carbocycles. The lowest BCUT2D eigenvalue weighted by Crippen LogP contribution is -2.31. The fraction of sp³-hybridized carbons (Fsp3) is 0.462. The van der Waals surface area contributed by atoms with E-state index in [1.54, 1.807) is 4.90 Å². The number of primary amides is 1. The molecular formula is C13H14Cl2N2O3S. The normalized spacial score (nSPS) is 18.0. The molecule has 2 rings (SSSR count). The zero-order chi connectivity index (χ0) is 15.6. The molecule has 8 heteroatoms. The van der Waals surface area contributed by atoms with E-state index in [1.807, 2.05) is 0 Å². The number of amides is 2. The van der Waals surface area contributed by atoms with Crippen molar-refractivity contribution in [3.05, 3.63) is 20.3 Å². The third kappa shape index (κ3) is 3.96. The van der Waals surface area contributed by atoms with Gasteiger partial charge in [0, 0.05) is 31.5 Å². The standard InChI is InChI=1S/C13H14Cl2N2O3S/c14-10-5-8(12(15)21-10)9(18)1-2-11(19)17-4-3-7(6-17)13(16)20/h5,7H,1-4,6H2,(H2,16,20)/t7-/m0/s1. The molecule has 0 unspecified atom stereocenters. The van der Waals surface area contributed by atoms with Gasteiger partial charge in [0.2, 0.25) is 11.8 Å². The maximum atomic E-state index is 12.0. The quantitative estimate of drug-likeness (QED) is 0.829. The molecule has 1 atom stereocenters. The van der Waals surface area contributed by atoms with E-state index in [9.17, 15) is 14.4 Å². The van der Waals surface area contributed by atoms with Gasteiger partial charge in [-0.25, -0.2) is 0 Å². The summed E-state index contributed by atoms with van der Waals surface area (Å²) in [4.78, 5) is 36.6. The molecule has 114 valence electrons. The van der Waals surface area contributed by atoms with E-state index in [2.05, 4.69) is 0 Å². The minimum absolute atomic E-state index is 0.0728. The number of hydrogen-bond donors (Lipinski definition) is 1. The number of thiophene rings is 1. The van der Waals surface area contributed by atoms with Crippen LogP contribution in [0.1, 0.15) is 29.6 Å². The zero-order valence-electron chi connectivity index (χ0n) is 11.1. The third-order valence-electron chi connectivity index (χ3n) is 3.47. The van der Waals surface area contributed by atoms with Crippen molar-refractivity contribution in [3.8, 4) is 0 Å². The molecule has 2 amide bonds. The number of likely N-dealkylation sites (tertiary alicyclic amines) is 1. The maximum Gasteiger partial charge on any atom is 0.223 e. The van der Waals surface area contributed by atoms with Crippen molar-refractivity contribution in [1.82, 2.24) is 4.90 Å². The van der Waals surface area contributed by atoms with E-state index in [-0.39, 0.29) is 36.4 Å². The van der Waals surface area contributed by atoms with Crippen LogP contribution in [0.5, 0.6) is 0 Å². The highest BCUT2D eigenvalue weighted by atomic mass is 35.5. The molecule has 1 saturated heterocycles. The zero-order valence-corrected chi connectivity index (χ0v) is 13.4. The van der Waals surface area contributed by atoms with Crippen LogP contribution in [0, 0.1) is 5.92 Å². The molecule has 1 aromatic rings. The highest BCUT2D eigenvalue weighted by Crippen LogP contribution is 2.32. The first-order valence-electron chi connectivity index (χ1n) is 6.43. The lowest BCUT2D eigenvalue weighted by molar-refractivity contribution is -0.130. The predicted molar refractivity (Wildman–Crippen MR) is 81.8 cm³/mol. The van der Waals surface area contributed by atoms with Gasteiger partial charge in [0.05, 0.1) is 10.3 Å². The lowest BCUT2D eigenvalue weighted by Gasteiger charge is -2.15. The average molecular weight is 349 g/mol. The van der Waals surface area contributed by atoms with Crippen molar-refractivity contribution >= 4 is 52.1 Å². The van der Waals surface area contributed by atoms with E-state index in [4.69, 9.17) is 28.9 Å². The van der Waals surface area contributed by atoms with Gasteiger partial charge in [-0.05, 0) is 12.5 Å². The van der Waals surface area contributed by atoms with Crippen molar-refractivity contribution in [2.45, 2.75) is 19.3 Å². The molecule has 2 N–H and O–H groups in total. The Morgan fingerprint density at radius 3 is 2.57 bits per heavy atom. The average Bonchev–Trinajstić information content (AvgIpc) is 3.02. The number of carbonyl (C=O) groups excluding carboxylic acids is 3. The Balaban J connectivity index is 1.86. The number of rotatable bonds is 5. The van der Waals surface area contributed by atoms with Crippen LogP contribution in [0.2, 0.25) is 8.67 Å². The van der Waals surface area contributed by atoms with Crippen LogP contribution in [-0.4, -0.2) is 35.6 Å². The van der Waals surface area contributed by atoms with Gasteiger partial charge in [-0.1, -0.05) is 23.2 Å². The first-order valence-corrected chi connectivity index (χ1v) is 8.01. The maximum absolute atomic E-state index is 12.0. The number of hydrogen-bond acceptors (Lipinski definition) is 4. The summed E-state index contributed by atoms with van der Waals surface area (Å²) in [7, 11) is 0. The van der Waals surface area contributed by atoms with E-state index < -0.39 is 0 Å². The minimum Gasteiger partial charge on any atom is -0.369 e. The second-order valence-electron chi connectivity index (χ2n) is 4.89. The number of nitrogens with two attached hydrogens (primary N) is 1. The third-order valence-corrected chi connectivity index (χ3v) is 4.95. The Morgan fingerprint density at radius 2 is 2.05 bits per heavy atom. The second-order valence-corrected chi connectivity index (χ2v) is 7.17. The van der Waals surface area contributed by atoms with Crippen LogP contribution in [0.3, 0.4) is 0 Å². The van der Waals surface area contributed by atoms with Crippen molar-refractivity contribution in [2.24, 2.45) is 11.7 Å². The molecule has 5 nitrogen and oxygen atoms in total. The van der Waals surface area contributed by atoms with Crippen molar-refractivity contribution in [1.29, 1.82) is 0 Å². The molecule has 0 spiro atoms. The largest absolute Gasteiger partial charge is 0.369 e. The molecule has 0 aliphatic carbocycles. The first-order chi connectivity index (χ1) is 9.88. The van der Waals surface area contributed by atoms with Gasteiger partial charge in [0.1, 0.15) is 4.34 Å². The molecule has 0 radical (unpaired) electrons. The van der Waals surface area contributed by atoms with Crippen LogP contribution in [0.25, 0.3) is 0 Å². The van der Waals surface area contributed by atoms with Gasteiger partial charge in [-0.2, -0.15) is 0 Å². The predicted octanol–water partition coefficient (Wildman–Crippen LogP) is 2.35.